The van der Waals surface area contributed by atoms with Gasteiger partial charge in [0.2, 0.25) is 0 Å². The maximum Gasteiger partial charge on any atom is 0.330 e. The number of ketones is 1. The molecule has 0 spiro atoms. The third kappa shape index (κ3) is 6.47. The molecule has 0 radical (unpaired) electrons. The standard InChI is InChI=1S/C22H21ClN2O7/c1-3-32-19(27)13-24-21(22(28)15-7-10-16(23)11-8-15)20-14(9-12-18(26)31-2)5-4-6-17(20)25(29)30/h4-12,21,24H,3,13H2,1-2H3. The lowest BCUT2D eigenvalue weighted by atomic mass is 9.91. The molecule has 32 heavy (non-hydrogen) atoms. The number of nitrogens with one attached hydrogen (secondary N) is 1. The number of rotatable bonds is 10. The molecule has 0 bridgehead atoms. The number of Topliss-reactive ketones (excluding diaryl/α,β-unsaturated/α-hetero) is 1. The smallest absolute Gasteiger partial charge is 0.330 e. The van der Waals surface area contributed by atoms with Crippen molar-refractivity contribution in [2.24, 2.45) is 0 Å². The van der Waals surface area contributed by atoms with Crippen LogP contribution in [0.15, 0.2) is 48.5 Å². The Bertz CT molecular complexity index is 1040. The second kappa shape index (κ2) is 11.7. The number of carbonyl (C=O) groups is 3. The van der Waals surface area contributed by atoms with Gasteiger partial charge < -0.3 is 9.47 Å². The van der Waals surface area contributed by atoms with Crippen LogP contribution in [0.3, 0.4) is 0 Å². The lowest BCUT2D eigenvalue weighted by Crippen LogP contribution is -2.34. The van der Waals surface area contributed by atoms with Gasteiger partial charge in [0.25, 0.3) is 5.69 Å². The number of hydrogen-bond acceptors (Lipinski definition) is 8. The Morgan fingerprint density at radius 1 is 1.19 bits per heavy atom. The summed E-state index contributed by atoms with van der Waals surface area (Å²) in [5, 5.41) is 14.9. The number of carbonyl (C=O) groups excluding carboxylic acids is 3. The number of hydrogen-bond donors (Lipinski definition) is 1. The van der Waals surface area contributed by atoms with Gasteiger partial charge in [0.05, 0.1) is 30.7 Å². The number of nitrogens with zero attached hydrogens (tertiary/aromatic N) is 1. The molecular weight excluding hydrogens is 440 g/mol. The van der Waals surface area contributed by atoms with E-state index in [1.807, 2.05) is 0 Å². The van der Waals surface area contributed by atoms with Gasteiger partial charge in [-0.25, -0.2) is 4.79 Å². The molecular formula is C22H21ClN2O7. The van der Waals surface area contributed by atoms with Crippen molar-refractivity contribution in [3.63, 3.8) is 0 Å². The summed E-state index contributed by atoms with van der Waals surface area (Å²) in [7, 11) is 1.19. The summed E-state index contributed by atoms with van der Waals surface area (Å²) in [5.74, 6) is -1.85. The van der Waals surface area contributed by atoms with Crippen molar-refractivity contribution in [3.05, 3.63) is 80.4 Å². The minimum atomic E-state index is -1.29. The van der Waals surface area contributed by atoms with E-state index in [4.69, 9.17) is 16.3 Å². The van der Waals surface area contributed by atoms with Crippen molar-refractivity contribution in [1.29, 1.82) is 0 Å². The molecule has 0 saturated heterocycles. The van der Waals surface area contributed by atoms with Crippen LogP contribution in [0.25, 0.3) is 6.08 Å². The highest BCUT2D eigenvalue weighted by Gasteiger charge is 2.31. The normalized spacial score (nSPS) is 11.7. The van der Waals surface area contributed by atoms with Gasteiger partial charge in [0.1, 0.15) is 6.04 Å². The van der Waals surface area contributed by atoms with E-state index >= 15 is 0 Å². The van der Waals surface area contributed by atoms with Gasteiger partial charge in [-0.2, -0.15) is 0 Å². The van der Waals surface area contributed by atoms with Crippen molar-refractivity contribution in [2.45, 2.75) is 13.0 Å². The third-order valence-electron chi connectivity index (χ3n) is 4.35. The topological polar surface area (TPSA) is 125 Å². The molecule has 2 aromatic carbocycles. The fraction of sp³-hybridized carbons (Fsp3) is 0.227. The van der Waals surface area contributed by atoms with E-state index in [2.05, 4.69) is 10.1 Å². The molecule has 0 aliphatic carbocycles. The van der Waals surface area contributed by atoms with Gasteiger partial charge in [-0.05, 0) is 42.8 Å². The van der Waals surface area contributed by atoms with Crippen LogP contribution < -0.4 is 5.32 Å². The fourth-order valence-corrected chi connectivity index (χ4v) is 3.05. The molecule has 0 aliphatic rings. The zero-order valence-corrected chi connectivity index (χ0v) is 18.1. The summed E-state index contributed by atoms with van der Waals surface area (Å²) >= 11 is 5.90. The Morgan fingerprint density at radius 2 is 1.88 bits per heavy atom. The molecule has 2 rings (SSSR count). The van der Waals surface area contributed by atoms with E-state index in [1.54, 1.807) is 6.92 Å². The zero-order valence-electron chi connectivity index (χ0n) is 17.4. The molecule has 1 N–H and O–H groups in total. The van der Waals surface area contributed by atoms with E-state index in [0.29, 0.717) is 5.02 Å². The molecule has 0 aliphatic heterocycles. The molecule has 1 atom stereocenters. The Labute approximate surface area is 189 Å². The highest BCUT2D eigenvalue weighted by Crippen LogP contribution is 2.32. The number of nitro groups is 1. The van der Waals surface area contributed by atoms with Crippen molar-refractivity contribution >= 4 is 41.1 Å². The molecule has 9 nitrogen and oxygen atoms in total. The van der Waals surface area contributed by atoms with Crippen LogP contribution in [0.5, 0.6) is 0 Å². The maximum atomic E-state index is 13.4. The Morgan fingerprint density at radius 3 is 2.47 bits per heavy atom. The van der Waals surface area contributed by atoms with Crippen LogP contribution in [-0.2, 0) is 19.1 Å². The average molecular weight is 461 g/mol. The van der Waals surface area contributed by atoms with Gasteiger partial charge in [-0.1, -0.05) is 23.7 Å². The quantitative estimate of drug-likeness (QED) is 0.188. The highest BCUT2D eigenvalue weighted by molar-refractivity contribution is 6.30. The van der Waals surface area contributed by atoms with Crippen LogP contribution in [0.2, 0.25) is 5.02 Å². The fourth-order valence-electron chi connectivity index (χ4n) is 2.92. The first-order chi connectivity index (χ1) is 15.3. The Balaban J connectivity index is 2.62. The van der Waals surface area contributed by atoms with Gasteiger partial charge >= 0.3 is 11.9 Å². The first-order valence-corrected chi connectivity index (χ1v) is 9.88. The molecule has 0 saturated carbocycles. The van der Waals surface area contributed by atoms with Crippen molar-refractivity contribution < 1.29 is 28.8 Å². The first-order valence-electron chi connectivity index (χ1n) is 9.50. The lowest BCUT2D eigenvalue weighted by Gasteiger charge is -2.20. The van der Waals surface area contributed by atoms with Crippen LogP contribution >= 0.6 is 11.6 Å². The number of esters is 2. The Hall–Kier alpha value is -3.56. The second-order valence-electron chi connectivity index (χ2n) is 6.38. The molecule has 0 aromatic heterocycles. The van der Waals surface area contributed by atoms with E-state index < -0.39 is 28.7 Å². The van der Waals surface area contributed by atoms with Crippen molar-refractivity contribution in [2.75, 3.05) is 20.3 Å². The number of nitro benzene ring substituents is 1. The third-order valence-corrected chi connectivity index (χ3v) is 4.60. The molecule has 2 aromatic rings. The molecule has 10 heteroatoms. The van der Waals surface area contributed by atoms with Crippen LogP contribution in [0.1, 0.15) is 34.5 Å². The van der Waals surface area contributed by atoms with Gasteiger partial charge in [-0.15, -0.1) is 0 Å². The van der Waals surface area contributed by atoms with Crippen molar-refractivity contribution in [1.82, 2.24) is 5.32 Å². The first kappa shape index (κ1) is 24.7. The Kier molecular flexibility index (Phi) is 9.06. The summed E-state index contributed by atoms with van der Waals surface area (Å²) in [5.41, 5.74) is 0.0765. The van der Waals surface area contributed by atoms with Gasteiger partial charge in [0, 0.05) is 22.7 Å². The predicted octanol–water partition coefficient (Wildman–Crippen LogP) is 3.51. The summed E-state index contributed by atoms with van der Waals surface area (Å²) < 4.78 is 9.46. The molecule has 0 heterocycles. The molecule has 1 unspecified atom stereocenters. The molecule has 168 valence electrons. The monoisotopic (exact) mass is 460 g/mol. The molecule has 0 fully saturated rings. The number of benzene rings is 2. The van der Waals surface area contributed by atoms with Crippen LogP contribution in [-0.4, -0.2) is 42.9 Å². The minimum absolute atomic E-state index is 0.0121. The number of ether oxygens (including phenoxy) is 2. The summed E-state index contributed by atoms with van der Waals surface area (Å²) in [6.07, 6.45) is 2.39. The molecule has 0 amide bonds. The van der Waals surface area contributed by atoms with Gasteiger partial charge in [-0.3, -0.25) is 25.0 Å². The summed E-state index contributed by atoms with van der Waals surface area (Å²) in [4.78, 5) is 47.9. The van der Waals surface area contributed by atoms with E-state index in [-0.39, 0.29) is 35.5 Å². The van der Waals surface area contributed by atoms with Gasteiger partial charge in [0.15, 0.2) is 5.78 Å². The minimum Gasteiger partial charge on any atom is -0.466 e. The SMILES string of the molecule is CCOC(=O)CNC(C(=O)c1ccc(Cl)cc1)c1c(C=CC(=O)OC)cccc1[N+](=O)[O-]. The summed E-state index contributed by atoms with van der Waals surface area (Å²) in [6.45, 7) is 1.39. The predicted molar refractivity (Wildman–Crippen MR) is 117 cm³/mol. The van der Waals surface area contributed by atoms with Crippen LogP contribution in [0, 0.1) is 10.1 Å². The number of methoxy groups -OCH3 is 1. The van der Waals surface area contributed by atoms with E-state index in [9.17, 15) is 24.5 Å². The second-order valence-corrected chi connectivity index (χ2v) is 6.82. The average Bonchev–Trinajstić information content (AvgIpc) is 2.78. The summed E-state index contributed by atoms with van der Waals surface area (Å²) in [6, 6.07) is 8.84. The highest BCUT2D eigenvalue weighted by atomic mass is 35.5. The van der Waals surface area contributed by atoms with Crippen LogP contribution in [0.4, 0.5) is 5.69 Å². The van der Waals surface area contributed by atoms with E-state index in [0.717, 1.165) is 6.08 Å². The maximum absolute atomic E-state index is 13.4. The largest absolute Gasteiger partial charge is 0.466 e. The van der Waals surface area contributed by atoms with Crippen molar-refractivity contribution in [3.8, 4) is 0 Å². The zero-order chi connectivity index (χ0) is 23.7. The number of halogens is 1. The lowest BCUT2D eigenvalue weighted by molar-refractivity contribution is -0.385. The van der Waals surface area contributed by atoms with E-state index in [1.165, 1.54) is 55.7 Å².